The first-order chi connectivity index (χ1) is 13.2. The SMILES string of the molecule is CCC1CC2=C(OCO2)c2[nH]c(=O)c(C(=O)NCCc3ccccn3)cc21. The largest absolute Gasteiger partial charge is 0.458 e. The lowest BCUT2D eigenvalue weighted by Gasteiger charge is -2.23. The molecule has 0 radical (unpaired) electrons. The van der Waals surface area contributed by atoms with E-state index >= 15 is 0 Å². The Kier molecular flexibility index (Phi) is 4.66. The van der Waals surface area contributed by atoms with Crippen molar-refractivity contribution < 1.29 is 14.3 Å². The average Bonchev–Trinajstić information content (AvgIpc) is 3.16. The third kappa shape index (κ3) is 3.32. The Morgan fingerprint density at radius 1 is 1.37 bits per heavy atom. The van der Waals surface area contributed by atoms with Gasteiger partial charge in [-0.15, -0.1) is 0 Å². The first-order valence-electron chi connectivity index (χ1n) is 9.11. The number of nitrogens with one attached hydrogen (secondary N) is 2. The predicted octanol–water partition coefficient (Wildman–Crippen LogP) is 2.31. The van der Waals surface area contributed by atoms with Gasteiger partial charge in [0.25, 0.3) is 11.5 Å². The molecule has 3 heterocycles. The number of carbonyl (C=O) groups is 1. The molecule has 0 saturated heterocycles. The molecule has 0 fully saturated rings. The van der Waals surface area contributed by atoms with E-state index in [1.165, 1.54) is 0 Å². The zero-order chi connectivity index (χ0) is 18.8. The molecule has 0 bridgehead atoms. The van der Waals surface area contributed by atoms with Gasteiger partial charge < -0.3 is 19.8 Å². The number of fused-ring (bicyclic) bond motifs is 2. The monoisotopic (exact) mass is 367 g/mol. The van der Waals surface area contributed by atoms with Crippen LogP contribution in [0.1, 0.15) is 53.0 Å². The summed E-state index contributed by atoms with van der Waals surface area (Å²) >= 11 is 0. The Labute approximate surface area is 156 Å². The van der Waals surface area contributed by atoms with Crippen LogP contribution in [0.4, 0.5) is 0 Å². The molecule has 4 rings (SSSR count). The van der Waals surface area contributed by atoms with Crippen molar-refractivity contribution in [3.05, 3.63) is 69.1 Å². The number of allylic oxidation sites excluding steroid dienone is 1. The summed E-state index contributed by atoms with van der Waals surface area (Å²) in [5.41, 5.74) is 2.15. The second-order valence-electron chi connectivity index (χ2n) is 6.64. The van der Waals surface area contributed by atoms with Crippen LogP contribution in [0.5, 0.6) is 0 Å². The summed E-state index contributed by atoms with van der Waals surface area (Å²) in [5, 5.41) is 2.81. The lowest BCUT2D eigenvalue weighted by Crippen LogP contribution is -2.32. The molecular weight excluding hydrogens is 346 g/mol. The molecular formula is C20H21N3O4. The molecule has 7 nitrogen and oxygen atoms in total. The van der Waals surface area contributed by atoms with Crippen LogP contribution >= 0.6 is 0 Å². The third-order valence-corrected chi connectivity index (χ3v) is 4.99. The number of aromatic amines is 1. The Morgan fingerprint density at radius 2 is 2.26 bits per heavy atom. The highest BCUT2D eigenvalue weighted by Gasteiger charge is 2.33. The normalized spacial score (nSPS) is 17.6. The number of nitrogens with zero attached hydrogens (tertiary/aromatic N) is 1. The molecule has 27 heavy (non-hydrogen) atoms. The highest BCUT2D eigenvalue weighted by molar-refractivity contribution is 5.94. The van der Waals surface area contributed by atoms with E-state index in [0.717, 1.165) is 23.4 Å². The Bertz CT molecular complexity index is 949. The lowest BCUT2D eigenvalue weighted by molar-refractivity contribution is 0.0841. The van der Waals surface area contributed by atoms with Crippen molar-refractivity contribution in [1.82, 2.24) is 15.3 Å². The number of H-pyrrole nitrogens is 1. The molecule has 7 heteroatoms. The number of pyridine rings is 2. The molecule has 1 aliphatic heterocycles. The van der Waals surface area contributed by atoms with E-state index in [1.54, 1.807) is 12.3 Å². The standard InChI is InChI=1S/C20H21N3O4/c1-2-12-9-16-18(27-11-26-16)17-14(12)10-15(20(25)23-17)19(24)22-8-6-13-5-3-4-7-21-13/h3-5,7,10,12H,2,6,8-9,11H2,1H3,(H,22,24)(H,23,25). The van der Waals surface area contributed by atoms with E-state index in [9.17, 15) is 9.59 Å². The van der Waals surface area contributed by atoms with Crippen molar-refractivity contribution in [2.45, 2.75) is 32.1 Å². The quantitative estimate of drug-likeness (QED) is 0.846. The maximum atomic E-state index is 12.5. The van der Waals surface area contributed by atoms with E-state index in [4.69, 9.17) is 9.47 Å². The van der Waals surface area contributed by atoms with Crippen LogP contribution in [0.3, 0.4) is 0 Å². The number of aromatic nitrogens is 2. The third-order valence-electron chi connectivity index (χ3n) is 4.99. The van der Waals surface area contributed by atoms with E-state index in [2.05, 4.69) is 22.2 Å². The topological polar surface area (TPSA) is 93.3 Å². The Hall–Kier alpha value is -3.09. The predicted molar refractivity (Wildman–Crippen MR) is 98.9 cm³/mol. The van der Waals surface area contributed by atoms with Gasteiger partial charge in [0.1, 0.15) is 11.3 Å². The van der Waals surface area contributed by atoms with E-state index in [0.29, 0.717) is 30.8 Å². The summed E-state index contributed by atoms with van der Waals surface area (Å²) in [6, 6.07) is 7.35. The summed E-state index contributed by atoms with van der Waals surface area (Å²) in [7, 11) is 0. The zero-order valence-electron chi connectivity index (χ0n) is 15.1. The van der Waals surface area contributed by atoms with Crippen molar-refractivity contribution in [1.29, 1.82) is 0 Å². The minimum atomic E-state index is -0.428. The number of amides is 1. The fourth-order valence-corrected chi connectivity index (χ4v) is 3.54. The Morgan fingerprint density at radius 3 is 3.04 bits per heavy atom. The summed E-state index contributed by atoms with van der Waals surface area (Å²) in [6.07, 6.45) is 3.91. The van der Waals surface area contributed by atoms with Crippen LogP contribution in [0.2, 0.25) is 0 Å². The van der Waals surface area contributed by atoms with Gasteiger partial charge in [0.2, 0.25) is 6.79 Å². The molecule has 2 N–H and O–H groups in total. The molecule has 0 saturated carbocycles. The minimum absolute atomic E-state index is 0.121. The molecule has 2 aromatic rings. The first kappa shape index (κ1) is 17.3. The zero-order valence-corrected chi connectivity index (χ0v) is 15.1. The molecule has 140 valence electrons. The van der Waals surface area contributed by atoms with Crippen LogP contribution in [0, 0.1) is 0 Å². The molecule has 1 unspecified atom stereocenters. The van der Waals surface area contributed by atoms with E-state index in [1.807, 2.05) is 18.2 Å². The number of rotatable bonds is 5. The number of carbonyl (C=O) groups excluding carboxylic acids is 1. The van der Waals surface area contributed by atoms with Crippen LogP contribution in [-0.4, -0.2) is 29.2 Å². The van der Waals surface area contributed by atoms with E-state index < -0.39 is 5.56 Å². The van der Waals surface area contributed by atoms with Crippen molar-refractivity contribution >= 4 is 11.7 Å². The molecule has 0 spiro atoms. The summed E-state index contributed by atoms with van der Waals surface area (Å²) < 4.78 is 11.0. The van der Waals surface area contributed by atoms with Crippen molar-refractivity contribution in [2.24, 2.45) is 0 Å². The van der Waals surface area contributed by atoms with Crippen molar-refractivity contribution in [3.8, 4) is 0 Å². The van der Waals surface area contributed by atoms with Crippen molar-refractivity contribution in [3.63, 3.8) is 0 Å². The van der Waals surface area contributed by atoms with E-state index in [-0.39, 0.29) is 24.2 Å². The highest BCUT2D eigenvalue weighted by atomic mass is 16.7. The maximum absolute atomic E-state index is 12.5. The minimum Gasteiger partial charge on any atom is -0.458 e. The molecule has 1 atom stereocenters. The van der Waals surface area contributed by atoms with Gasteiger partial charge in [-0.3, -0.25) is 14.6 Å². The second-order valence-corrected chi connectivity index (χ2v) is 6.64. The summed E-state index contributed by atoms with van der Waals surface area (Å²) in [6.45, 7) is 2.65. The molecule has 1 amide bonds. The van der Waals surface area contributed by atoms with Gasteiger partial charge in [-0.25, -0.2) is 0 Å². The van der Waals surface area contributed by atoms with Crippen LogP contribution in [0.15, 0.2) is 41.0 Å². The smallest absolute Gasteiger partial charge is 0.261 e. The number of ether oxygens (including phenoxy) is 2. The van der Waals surface area contributed by atoms with Gasteiger partial charge in [0.15, 0.2) is 5.76 Å². The number of hydrogen-bond acceptors (Lipinski definition) is 5. The fraction of sp³-hybridized carbons (Fsp3) is 0.350. The van der Waals surface area contributed by atoms with Crippen molar-refractivity contribution in [2.75, 3.05) is 13.3 Å². The fourth-order valence-electron chi connectivity index (χ4n) is 3.54. The van der Waals surface area contributed by atoms with Gasteiger partial charge in [-0.1, -0.05) is 13.0 Å². The molecule has 1 aliphatic carbocycles. The van der Waals surface area contributed by atoms with Gasteiger partial charge in [0.05, 0.1) is 5.69 Å². The summed E-state index contributed by atoms with van der Waals surface area (Å²) in [5.74, 6) is 1.16. The molecule has 2 aliphatic rings. The second kappa shape index (κ2) is 7.26. The number of hydrogen-bond donors (Lipinski definition) is 2. The molecule has 0 aromatic carbocycles. The Balaban J connectivity index is 1.55. The van der Waals surface area contributed by atoms with Gasteiger partial charge in [-0.2, -0.15) is 0 Å². The van der Waals surface area contributed by atoms with Gasteiger partial charge in [-0.05, 0) is 36.1 Å². The molecule has 2 aromatic heterocycles. The van der Waals surface area contributed by atoms with Crippen LogP contribution in [-0.2, 0) is 15.9 Å². The highest BCUT2D eigenvalue weighted by Crippen LogP contribution is 2.42. The van der Waals surface area contributed by atoms with Gasteiger partial charge >= 0.3 is 0 Å². The van der Waals surface area contributed by atoms with Crippen LogP contribution in [0.25, 0.3) is 5.76 Å². The average molecular weight is 367 g/mol. The first-order valence-corrected chi connectivity index (χ1v) is 9.11. The lowest BCUT2D eigenvalue weighted by atomic mass is 9.85. The van der Waals surface area contributed by atoms with Gasteiger partial charge in [0, 0.05) is 31.3 Å². The summed E-state index contributed by atoms with van der Waals surface area (Å²) in [4.78, 5) is 32.1. The maximum Gasteiger partial charge on any atom is 0.261 e. The van der Waals surface area contributed by atoms with Crippen LogP contribution < -0.4 is 10.9 Å².